The Kier molecular flexibility index (Phi) is 7.80. The molecule has 1 aliphatic rings. The van der Waals surface area contributed by atoms with Crippen molar-refractivity contribution in [1.82, 2.24) is 9.97 Å². The van der Waals surface area contributed by atoms with Gasteiger partial charge in [0.05, 0.1) is 16.2 Å². The summed E-state index contributed by atoms with van der Waals surface area (Å²) < 4.78 is 28.7. The summed E-state index contributed by atoms with van der Waals surface area (Å²) in [4.78, 5) is 9.55. The first-order chi connectivity index (χ1) is 18.7. The Morgan fingerprint density at radius 3 is 2.49 bits per heavy atom. The molecule has 0 atom stereocenters. The molecular weight excluding hydrogens is 530 g/mol. The standard InChI is InChI=1S/C30H34ClN5O2S/c1-4-20-15-21(16-22-17-33-30(35-29(20)22)34-24-11-9-23(32)10-12-24)25-13-14-27(19(3)18(25)2)36-39(37,38)28-8-6-5-7-26(28)31/h5-8,13-17,23-24,36H,4,9-12,32H2,1-3H3,(H,33,34,35)/t23-,24-. The van der Waals surface area contributed by atoms with Crippen LogP contribution < -0.4 is 15.8 Å². The molecule has 0 bridgehead atoms. The Bertz CT molecular complexity index is 1630. The van der Waals surface area contributed by atoms with Gasteiger partial charge in [0.1, 0.15) is 4.90 Å². The third-order valence-corrected chi connectivity index (χ3v) is 9.58. The zero-order valence-corrected chi connectivity index (χ0v) is 24.0. The van der Waals surface area contributed by atoms with Crippen molar-refractivity contribution in [1.29, 1.82) is 0 Å². The maximum absolute atomic E-state index is 13.0. The minimum Gasteiger partial charge on any atom is -0.351 e. The summed E-state index contributed by atoms with van der Waals surface area (Å²) in [5.41, 5.74) is 12.6. The molecule has 5 rings (SSSR count). The molecule has 0 aliphatic heterocycles. The van der Waals surface area contributed by atoms with Crippen LogP contribution >= 0.6 is 11.6 Å². The van der Waals surface area contributed by atoms with E-state index in [0.717, 1.165) is 70.8 Å². The van der Waals surface area contributed by atoms with E-state index >= 15 is 0 Å². The highest BCUT2D eigenvalue weighted by molar-refractivity contribution is 7.92. The van der Waals surface area contributed by atoms with E-state index in [1.165, 1.54) is 6.07 Å². The van der Waals surface area contributed by atoms with Gasteiger partial charge in [-0.25, -0.2) is 18.4 Å². The molecule has 1 fully saturated rings. The molecule has 0 amide bonds. The lowest BCUT2D eigenvalue weighted by Gasteiger charge is -2.26. The van der Waals surface area contributed by atoms with Crippen molar-refractivity contribution in [3.63, 3.8) is 0 Å². The van der Waals surface area contributed by atoms with Gasteiger partial charge >= 0.3 is 0 Å². The van der Waals surface area contributed by atoms with Gasteiger partial charge in [0.2, 0.25) is 5.95 Å². The van der Waals surface area contributed by atoms with Crippen LogP contribution in [0, 0.1) is 13.8 Å². The number of aryl methyl sites for hydroxylation is 1. The summed E-state index contributed by atoms with van der Waals surface area (Å²) in [6.07, 6.45) is 6.82. The summed E-state index contributed by atoms with van der Waals surface area (Å²) >= 11 is 6.15. The van der Waals surface area contributed by atoms with Gasteiger partial charge in [0.15, 0.2) is 0 Å². The van der Waals surface area contributed by atoms with Crippen molar-refractivity contribution >= 4 is 44.2 Å². The SMILES string of the molecule is CCc1cc(-c2ccc(NS(=O)(=O)c3ccccc3Cl)c(C)c2C)cc2cnc(N[C@H]3CC[C@H](N)CC3)nc12. The second-order valence-electron chi connectivity index (χ2n) is 10.3. The van der Waals surface area contributed by atoms with E-state index in [9.17, 15) is 8.42 Å². The molecule has 1 aliphatic carbocycles. The fraction of sp³-hybridized carbons (Fsp3) is 0.333. The average Bonchev–Trinajstić information content (AvgIpc) is 2.92. The molecule has 7 nitrogen and oxygen atoms in total. The molecule has 4 N–H and O–H groups in total. The molecule has 0 radical (unpaired) electrons. The monoisotopic (exact) mass is 563 g/mol. The number of hydrogen-bond donors (Lipinski definition) is 3. The third-order valence-electron chi connectivity index (χ3n) is 7.72. The number of nitrogens with one attached hydrogen (secondary N) is 2. The molecular formula is C30H34ClN5O2S. The maximum Gasteiger partial charge on any atom is 0.263 e. The van der Waals surface area contributed by atoms with Gasteiger partial charge in [-0.1, -0.05) is 36.7 Å². The van der Waals surface area contributed by atoms with Crippen molar-refractivity contribution in [2.75, 3.05) is 10.0 Å². The summed E-state index contributed by atoms with van der Waals surface area (Å²) in [6, 6.07) is 15.1. The van der Waals surface area contributed by atoms with Crippen molar-refractivity contribution < 1.29 is 8.42 Å². The van der Waals surface area contributed by atoms with E-state index < -0.39 is 10.0 Å². The molecule has 9 heteroatoms. The number of rotatable bonds is 7. The second kappa shape index (κ2) is 11.1. The molecule has 1 saturated carbocycles. The second-order valence-corrected chi connectivity index (χ2v) is 12.4. The lowest BCUT2D eigenvalue weighted by atomic mass is 9.92. The Hall–Kier alpha value is -3.20. The van der Waals surface area contributed by atoms with Crippen LogP contribution in [0.3, 0.4) is 0 Å². The molecule has 39 heavy (non-hydrogen) atoms. The Morgan fingerprint density at radius 2 is 1.77 bits per heavy atom. The van der Waals surface area contributed by atoms with E-state index in [0.29, 0.717) is 23.7 Å². The smallest absolute Gasteiger partial charge is 0.263 e. The van der Waals surface area contributed by atoms with Crippen LogP contribution in [0.4, 0.5) is 11.6 Å². The maximum atomic E-state index is 13.0. The van der Waals surface area contributed by atoms with E-state index in [4.69, 9.17) is 22.3 Å². The molecule has 4 aromatic rings. The lowest BCUT2D eigenvalue weighted by molar-refractivity contribution is 0.410. The number of aromatic nitrogens is 2. The molecule has 0 spiro atoms. The first-order valence-corrected chi connectivity index (χ1v) is 15.2. The first-order valence-electron chi connectivity index (χ1n) is 13.4. The van der Waals surface area contributed by atoms with Gasteiger partial charge < -0.3 is 11.1 Å². The summed E-state index contributed by atoms with van der Waals surface area (Å²) in [7, 11) is -3.83. The van der Waals surface area contributed by atoms with Crippen molar-refractivity contribution in [2.24, 2.45) is 5.73 Å². The van der Waals surface area contributed by atoms with Gasteiger partial charge in [0.25, 0.3) is 10.0 Å². The molecule has 1 aromatic heterocycles. The van der Waals surface area contributed by atoms with E-state index in [2.05, 4.69) is 34.1 Å². The zero-order chi connectivity index (χ0) is 27.7. The number of nitrogens with two attached hydrogens (primary N) is 1. The summed E-state index contributed by atoms with van der Waals surface area (Å²) in [5, 5.41) is 4.66. The van der Waals surface area contributed by atoms with Crippen LogP contribution in [0.5, 0.6) is 0 Å². The third kappa shape index (κ3) is 5.73. The van der Waals surface area contributed by atoms with Gasteiger partial charge in [0, 0.05) is 23.7 Å². The lowest BCUT2D eigenvalue weighted by Crippen LogP contribution is -2.33. The number of anilines is 2. The topological polar surface area (TPSA) is 110 Å². The van der Waals surface area contributed by atoms with E-state index in [1.54, 1.807) is 18.2 Å². The molecule has 3 aromatic carbocycles. The molecule has 0 saturated heterocycles. The van der Waals surface area contributed by atoms with E-state index in [-0.39, 0.29) is 9.92 Å². The largest absolute Gasteiger partial charge is 0.351 e. The number of sulfonamides is 1. The highest BCUT2D eigenvalue weighted by Gasteiger charge is 2.21. The van der Waals surface area contributed by atoms with Gasteiger partial charge in [-0.15, -0.1) is 0 Å². The van der Waals surface area contributed by atoms with Crippen molar-refractivity contribution in [2.45, 2.75) is 69.9 Å². The number of fused-ring (bicyclic) bond motifs is 1. The van der Waals surface area contributed by atoms with Gasteiger partial charge in [-0.3, -0.25) is 4.72 Å². The Labute approximate surface area is 235 Å². The quantitative estimate of drug-likeness (QED) is 0.233. The first kappa shape index (κ1) is 27.4. The molecule has 204 valence electrons. The zero-order valence-electron chi connectivity index (χ0n) is 22.5. The minimum atomic E-state index is -3.83. The highest BCUT2D eigenvalue weighted by Crippen LogP contribution is 2.34. The average molecular weight is 564 g/mol. The number of nitrogens with zero attached hydrogens (tertiary/aromatic N) is 2. The van der Waals surface area contributed by atoms with Crippen LogP contribution in [-0.4, -0.2) is 30.5 Å². The number of hydrogen-bond acceptors (Lipinski definition) is 6. The highest BCUT2D eigenvalue weighted by atomic mass is 35.5. The van der Waals surface area contributed by atoms with Crippen molar-refractivity contribution in [3.05, 3.63) is 76.4 Å². The van der Waals surface area contributed by atoms with Crippen LogP contribution in [0.2, 0.25) is 5.02 Å². The predicted octanol–water partition coefficient (Wildman–Crippen LogP) is 6.61. The van der Waals surface area contributed by atoms with Crippen molar-refractivity contribution in [3.8, 4) is 11.1 Å². The normalized spacial score (nSPS) is 17.8. The van der Waals surface area contributed by atoms with Crippen LogP contribution in [0.15, 0.2) is 59.6 Å². The summed E-state index contributed by atoms with van der Waals surface area (Å²) in [5.74, 6) is 0.660. The molecule has 1 heterocycles. The molecule has 0 unspecified atom stereocenters. The van der Waals surface area contributed by atoms with Gasteiger partial charge in [-0.05, 0) is 104 Å². The van der Waals surface area contributed by atoms with Crippen LogP contribution in [0.25, 0.3) is 22.0 Å². The fourth-order valence-electron chi connectivity index (χ4n) is 5.27. The number of halogens is 1. The Morgan fingerprint density at radius 1 is 1.03 bits per heavy atom. The van der Waals surface area contributed by atoms with Crippen LogP contribution in [0.1, 0.15) is 49.3 Å². The number of benzene rings is 3. The summed E-state index contributed by atoms with van der Waals surface area (Å²) in [6.45, 7) is 6.05. The van der Waals surface area contributed by atoms with Gasteiger partial charge in [-0.2, -0.15) is 0 Å². The van der Waals surface area contributed by atoms with Crippen LogP contribution in [-0.2, 0) is 16.4 Å². The fourth-order valence-corrected chi connectivity index (χ4v) is 6.91. The predicted molar refractivity (Wildman–Crippen MR) is 160 cm³/mol. The minimum absolute atomic E-state index is 0.0517. The van der Waals surface area contributed by atoms with E-state index in [1.807, 2.05) is 32.2 Å². The Balaban J connectivity index is 1.45.